The maximum Gasteiger partial charge on any atom is -0.00259 e. The van der Waals surface area contributed by atoms with Gasteiger partial charge in [0.05, 0.1) is 0 Å². The van der Waals surface area contributed by atoms with Crippen molar-refractivity contribution >= 4 is 43.1 Å². The highest BCUT2D eigenvalue weighted by molar-refractivity contribution is 6.09. The van der Waals surface area contributed by atoms with Gasteiger partial charge in [-0.05, 0) is 151 Å². The standard InChI is InChI=1S/C64H42/c1-2-16-43(17-3-1)44-34-36-49(37-35-44)64-62(60-32-14-24-47-20-6-10-28-56(47)60)41-51(42-63(64)61-33-15-25-48-21-7-11-29-57(48)61)50-38-52(58-30-12-22-45-18-4-8-26-54(45)58)40-53(39-50)59-31-13-23-46-19-5-9-27-55(46)59/h1-42H. The summed E-state index contributed by atoms with van der Waals surface area (Å²) >= 11 is 0. The van der Waals surface area contributed by atoms with E-state index in [4.69, 9.17) is 0 Å². The van der Waals surface area contributed by atoms with Gasteiger partial charge in [-0.25, -0.2) is 0 Å². The van der Waals surface area contributed by atoms with Gasteiger partial charge in [0.15, 0.2) is 0 Å². The molecule has 0 aliphatic rings. The van der Waals surface area contributed by atoms with E-state index in [0.717, 1.165) is 0 Å². The zero-order valence-corrected chi connectivity index (χ0v) is 35.2. The van der Waals surface area contributed by atoms with Crippen molar-refractivity contribution in [2.24, 2.45) is 0 Å². The summed E-state index contributed by atoms with van der Waals surface area (Å²) in [5.41, 5.74) is 16.8. The third-order valence-electron chi connectivity index (χ3n) is 13.0. The summed E-state index contributed by atoms with van der Waals surface area (Å²) in [6.07, 6.45) is 0. The van der Waals surface area contributed by atoms with Crippen molar-refractivity contribution in [1.82, 2.24) is 0 Å². The molecule has 0 heteroatoms. The Morgan fingerprint density at radius 3 is 0.922 bits per heavy atom. The molecule has 0 saturated heterocycles. The lowest BCUT2D eigenvalue weighted by molar-refractivity contribution is 1.55. The topological polar surface area (TPSA) is 0 Å². The van der Waals surface area contributed by atoms with Gasteiger partial charge in [-0.2, -0.15) is 0 Å². The van der Waals surface area contributed by atoms with E-state index in [2.05, 4.69) is 255 Å². The fraction of sp³-hybridized carbons (Fsp3) is 0. The number of benzene rings is 12. The van der Waals surface area contributed by atoms with Crippen molar-refractivity contribution in [2.75, 3.05) is 0 Å². The number of fused-ring (bicyclic) bond motifs is 4. The Balaban J connectivity index is 1.19. The number of hydrogen-bond donors (Lipinski definition) is 0. The van der Waals surface area contributed by atoms with Crippen LogP contribution >= 0.6 is 0 Å². The predicted octanol–water partition coefficient (Wildman–Crippen LogP) is 18.0. The molecule has 0 bridgehead atoms. The zero-order valence-electron chi connectivity index (χ0n) is 35.2. The van der Waals surface area contributed by atoms with Crippen LogP contribution in [0.2, 0.25) is 0 Å². The van der Waals surface area contributed by atoms with E-state index >= 15 is 0 Å². The first kappa shape index (κ1) is 37.4. The third kappa shape index (κ3) is 6.65. The third-order valence-corrected chi connectivity index (χ3v) is 13.0. The summed E-state index contributed by atoms with van der Waals surface area (Å²) in [6, 6.07) is 94.0. The summed E-state index contributed by atoms with van der Waals surface area (Å²) in [4.78, 5) is 0. The van der Waals surface area contributed by atoms with Crippen LogP contribution < -0.4 is 0 Å². The first-order valence-electron chi connectivity index (χ1n) is 22.2. The minimum atomic E-state index is 1.17. The van der Waals surface area contributed by atoms with Gasteiger partial charge in [0.1, 0.15) is 0 Å². The van der Waals surface area contributed by atoms with Crippen molar-refractivity contribution < 1.29 is 0 Å². The molecule has 0 aliphatic heterocycles. The SMILES string of the molecule is c1ccc(-c2ccc(-c3c(-c4cccc5ccccc45)cc(-c4cc(-c5cccc6ccccc56)cc(-c5cccc6ccccc56)c4)cc3-c3cccc4ccccc34)cc2)cc1. The molecule has 0 aromatic heterocycles. The quantitative estimate of drug-likeness (QED) is 0.150. The second-order valence-corrected chi connectivity index (χ2v) is 16.8. The smallest absolute Gasteiger partial charge is 0.00259 e. The average molecular weight is 811 g/mol. The molecule has 64 heavy (non-hydrogen) atoms. The van der Waals surface area contributed by atoms with Gasteiger partial charge in [-0.3, -0.25) is 0 Å². The minimum Gasteiger partial charge on any atom is -0.0622 e. The van der Waals surface area contributed by atoms with Crippen LogP contribution in [0.25, 0.3) is 121 Å². The molecular formula is C64H42. The maximum atomic E-state index is 2.46. The van der Waals surface area contributed by atoms with Gasteiger partial charge in [-0.1, -0.05) is 224 Å². The molecule has 0 saturated carbocycles. The molecule has 0 unspecified atom stereocenters. The minimum absolute atomic E-state index is 1.17. The number of rotatable bonds is 7. The van der Waals surface area contributed by atoms with E-state index in [1.165, 1.54) is 121 Å². The molecule has 0 aliphatic carbocycles. The van der Waals surface area contributed by atoms with Gasteiger partial charge >= 0.3 is 0 Å². The highest BCUT2D eigenvalue weighted by Crippen LogP contribution is 2.48. The van der Waals surface area contributed by atoms with E-state index in [9.17, 15) is 0 Å². The lowest BCUT2D eigenvalue weighted by atomic mass is 9.81. The molecule has 0 atom stereocenters. The first-order chi connectivity index (χ1) is 31.7. The van der Waals surface area contributed by atoms with Gasteiger partial charge in [0.25, 0.3) is 0 Å². The summed E-state index contributed by atoms with van der Waals surface area (Å²) < 4.78 is 0. The van der Waals surface area contributed by atoms with E-state index in [1.54, 1.807) is 0 Å². The Bertz CT molecular complexity index is 3490. The second kappa shape index (κ2) is 15.9. The fourth-order valence-corrected chi connectivity index (χ4v) is 9.98. The van der Waals surface area contributed by atoms with Gasteiger partial charge in [0.2, 0.25) is 0 Å². The molecule has 0 N–H and O–H groups in total. The Morgan fingerprint density at radius 2 is 0.469 bits per heavy atom. The van der Waals surface area contributed by atoms with E-state index in [0.29, 0.717) is 0 Å². The average Bonchev–Trinajstić information content (AvgIpc) is 3.37. The van der Waals surface area contributed by atoms with Gasteiger partial charge in [-0.15, -0.1) is 0 Å². The summed E-state index contributed by atoms with van der Waals surface area (Å²) in [5, 5.41) is 9.86. The predicted molar refractivity (Wildman–Crippen MR) is 275 cm³/mol. The molecule has 0 spiro atoms. The highest BCUT2D eigenvalue weighted by Gasteiger charge is 2.21. The lowest BCUT2D eigenvalue weighted by Gasteiger charge is -2.22. The van der Waals surface area contributed by atoms with Crippen molar-refractivity contribution in [3.8, 4) is 77.9 Å². The highest BCUT2D eigenvalue weighted by atomic mass is 14.2. The zero-order chi connectivity index (χ0) is 42.4. The Kier molecular flexibility index (Phi) is 9.28. The summed E-state index contributed by atoms with van der Waals surface area (Å²) in [7, 11) is 0. The van der Waals surface area contributed by atoms with Crippen molar-refractivity contribution in [3.05, 3.63) is 255 Å². The van der Waals surface area contributed by atoms with Crippen LogP contribution in [-0.4, -0.2) is 0 Å². The summed E-state index contributed by atoms with van der Waals surface area (Å²) in [6.45, 7) is 0. The molecule has 0 radical (unpaired) electrons. The van der Waals surface area contributed by atoms with E-state index in [1.807, 2.05) is 0 Å². The number of hydrogen-bond acceptors (Lipinski definition) is 0. The molecule has 0 fully saturated rings. The molecule has 12 rings (SSSR count). The van der Waals surface area contributed by atoms with Crippen LogP contribution in [0.3, 0.4) is 0 Å². The molecule has 0 amide bonds. The monoisotopic (exact) mass is 810 g/mol. The van der Waals surface area contributed by atoms with E-state index in [-0.39, 0.29) is 0 Å². The van der Waals surface area contributed by atoms with Gasteiger partial charge < -0.3 is 0 Å². The molecular weight excluding hydrogens is 769 g/mol. The molecule has 0 heterocycles. The fourth-order valence-electron chi connectivity index (χ4n) is 9.98. The largest absolute Gasteiger partial charge is 0.0622 e. The van der Waals surface area contributed by atoms with Crippen LogP contribution in [0.15, 0.2) is 255 Å². The van der Waals surface area contributed by atoms with E-state index < -0.39 is 0 Å². The first-order valence-corrected chi connectivity index (χ1v) is 22.2. The molecule has 298 valence electrons. The van der Waals surface area contributed by atoms with Crippen LogP contribution in [0.4, 0.5) is 0 Å². The molecule has 12 aromatic carbocycles. The normalized spacial score (nSPS) is 11.4. The lowest BCUT2D eigenvalue weighted by Crippen LogP contribution is -1.95. The molecule has 0 nitrogen and oxygen atoms in total. The van der Waals surface area contributed by atoms with Crippen molar-refractivity contribution in [2.45, 2.75) is 0 Å². The van der Waals surface area contributed by atoms with Crippen molar-refractivity contribution in [1.29, 1.82) is 0 Å². The maximum absolute atomic E-state index is 2.46. The second-order valence-electron chi connectivity index (χ2n) is 16.8. The Morgan fingerprint density at radius 1 is 0.156 bits per heavy atom. The van der Waals surface area contributed by atoms with Crippen LogP contribution in [0.1, 0.15) is 0 Å². The van der Waals surface area contributed by atoms with Crippen LogP contribution in [-0.2, 0) is 0 Å². The summed E-state index contributed by atoms with van der Waals surface area (Å²) in [5.74, 6) is 0. The Labute approximate surface area is 374 Å². The Hall–Kier alpha value is -8.32. The van der Waals surface area contributed by atoms with Crippen LogP contribution in [0.5, 0.6) is 0 Å². The molecule has 12 aromatic rings. The van der Waals surface area contributed by atoms with Crippen LogP contribution in [0, 0.1) is 0 Å². The van der Waals surface area contributed by atoms with Gasteiger partial charge in [0, 0.05) is 0 Å². The van der Waals surface area contributed by atoms with Crippen molar-refractivity contribution in [3.63, 3.8) is 0 Å².